The normalized spacial score (nSPS) is 10.6. The first kappa shape index (κ1) is 25.1. The van der Waals surface area contributed by atoms with Gasteiger partial charge in [-0.3, -0.25) is 4.79 Å². The first-order chi connectivity index (χ1) is 16.2. The first-order valence-corrected chi connectivity index (χ1v) is 11.3. The lowest BCUT2D eigenvalue weighted by molar-refractivity contribution is -0.139. The largest absolute Gasteiger partial charge is 0.497 e. The predicted octanol–water partition coefficient (Wildman–Crippen LogP) is 4.79. The summed E-state index contributed by atoms with van der Waals surface area (Å²) in [6.07, 6.45) is 0. The van der Waals surface area contributed by atoms with Gasteiger partial charge in [0.2, 0.25) is 5.91 Å². The molecule has 0 radical (unpaired) electrons. The van der Waals surface area contributed by atoms with Gasteiger partial charge in [-0.1, -0.05) is 41.9 Å². The number of halogens is 1. The Hall–Kier alpha value is -3.56. The molecule has 0 bridgehead atoms. The van der Waals surface area contributed by atoms with Gasteiger partial charge in [-0.25, -0.2) is 9.59 Å². The fraction of sp³-hybridized carbons (Fsp3) is 0.208. The van der Waals surface area contributed by atoms with Crippen molar-refractivity contribution in [3.05, 3.63) is 69.6 Å². The van der Waals surface area contributed by atoms with Gasteiger partial charge in [-0.2, -0.15) is 0 Å². The number of carbonyl (C=O) groups excluding carboxylic acids is 1. The van der Waals surface area contributed by atoms with Gasteiger partial charge in [0.05, 0.1) is 12.0 Å². The average Bonchev–Trinajstić information content (AvgIpc) is 3.14. The Morgan fingerprint density at radius 3 is 2.29 bits per heavy atom. The Morgan fingerprint density at radius 2 is 1.71 bits per heavy atom. The van der Waals surface area contributed by atoms with Crippen molar-refractivity contribution < 1.29 is 34.1 Å². The van der Waals surface area contributed by atoms with Crippen molar-refractivity contribution in [2.45, 2.75) is 20.0 Å². The number of ether oxygens (including phenoxy) is 2. The number of amides is 1. The van der Waals surface area contributed by atoms with Crippen molar-refractivity contribution in [1.29, 1.82) is 0 Å². The van der Waals surface area contributed by atoms with Gasteiger partial charge < -0.3 is 24.6 Å². The summed E-state index contributed by atoms with van der Waals surface area (Å²) in [4.78, 5) is 36.7. The van der Waals surface area contributed by atoms with Gasteiger partial charge in [0.1, 0.15) is 10.8 Å². The molecule has 0 saturated heterocycles. The molecule has 1 amide bonds. The number of aliphatic carboxylic acids is 1. The molecule has 178 valence electrons. The topological polar surface area (TPSA) is 113 Å². The maximum Gasteiger partial charge on any atom is 0.349 e. The van der Waals surface area contributed by atoms with Crippen LogP contribution in [0.25, 0.3) is 10.4 Å². The third-order valence-corrected chi connectivity index (χ3v) is 6.56. The smallest absolute Gasteiger partial charge is 0.349 e. The van der Waals surface area contributed by atoms with Crippen LogP contribution in [0.15, 0.2) is 48.5 Å². The SMILES string of the molecule is COc1ccc(CN(Cc2cccc(-c3sc(C(=O)O)c(OCC(=O)O)c3Cl)c2)C(C)=O)cc1. The molecular formula is C24H22ClNO7S. The van der Waals surface area contributed by atoms with Crippen LogP contribution in [-0.2, 0) is 22.7 Å². The number of carboxylic acid groups (broad SMARTS) is 2. The fourth-order valence-electron chi connectivity index (χ4n) is 3.25. The van der Waals surface area contributed by atoms with Crippen molar-refractivity contribution >= 4 is 40.8 Å². The van der Waals surface area contributed by atoms with Gasteiger partial charge >= 0.3 is 11.9 Å². The summed E-state index contributed by atoms with van der Waals surface area (Å²) in [6, 6.07) is 14.7. The van der Waals surface area contributed by atoms with Crippen LogP contribution in [0.2, 0.25) is 5.02 Å². The van der Waals surface area contributed by atoms with E-state index >= 15 is 0 Å². The zero-order valence-electron chi connectivity index (χ0n) is 18.4. The maximum absolute atomic E-state index is 12.3. The molecule has 1 heterocycles. The van der Waals surface area contributed by atoms with Crippen LogP contribution in [0.3, 0.4) is 0 Å². The monoisotopic (exact) mass is 503 g/mol. The van der Waals surface area contributed by atoms with Crippen LogP contribution in [0.1, 0.15) is 27.7 Å². The van der Waals surface area contributed by atoms with Gasteiger partial charge in [0.15, 0.2) is 17.2 Å². The molecule has 0 unspecified atom stereocenters. The van der Waals surface area contributed by atoms with Gasteiger partial charge in [0.25, 0.3) is 0 Å². The van der Waals surface area contributed by atoms with E-state index < -0.39 is 18.5 Å². The maximum atomic E-state index is 12.3. The number of methoxy groups -OCH3 is 1. The van der Waals surface area contributed by atoms with E-state index in [0.717, 1.165) is 28.2 Å². The standard InChI is InChI=1S/C24H22ClNO7S/c1-14(27)26(11-15-6-8-18(32-2)9-7-15)12-16-4-3-5-17(10-16)22-20(25)21(33-13-19(28)29)23(34-22)24(30)31/h3-10H,11-13H2,1-2H3,(H,28,29)(H,30,31). The molecule has 0 atom stereocenters. The second-order valence-electron chi connectivity index (χ2n) is 7.31. The molecule has 34 heavy (non-hydrogen) atoms. The van der Waals surface area contributed by atoms with E-state index in [0.29, 0.717) is 23.5 Å². The highest BCUT2D eigenvalue weighted by Gasteiger charge is 2.25. The summed E-state index contributed by atoms with van der Waals surface area (Å²) >= 11 is 7.28. The number of thiophene rings is 1. The second-order valence-corrected chi connectivity index (χ2v) is 8.71. The molecular weight excluding hydrogens is 482 g/mol. The molecule has 1 aromatic heterocycles. The number of benzene rings is 2. The molecule has 0 aliphatic carbocycles. The number of nitrogens with zero attached hydrogens (tertiary/aromatic N) is 1. The molecule has 0 fully saturated rings. The third-order valence-electron chi connectivity index (χ3n) is 4.88. The molecule has 10 heteroatoms. The minimum atomic E-state index is -1.27. The van der Waals surface area contributed by atoms with Crippen LogP contribution in [-0.4, -0.2) is 46.7 Å². The van der Waals surface area contributed by atoms with Crippen LogP contribution >= 0.6 is 22.9 Å². The summed E-state index contributed by atoms with van der Waals surface area (Å²) in [6.45, 7) is 1.51. The lowest BCUT2D eigenvalue weighted by Gasteiger charge is -2.22. The molecule has 2 N–H and O–H groups in total. The fourth-order valence-corrected chi connectivity index (χ4v) is 4.65. The number of aromatic carboxylic acids is 1. The highest BCUT2D eigenvalue weighted by Crippen LogP contribution is 2.45. The predicted molar refractivity (Wildman–Crippen MR) is 128 cm³/mol. The summed E-state index contributed by atoms with van der Waals surface area (Å²) in [5, 5.41) is 18.4. The van der Waals surface area contributed by atoms with E-state index in [1.54, 1.807) is 24.1 Å². The van der Waals surface area contributed by atoms with Crippen LogP contribution in [0.4, 0.5) is 0 Å². The number of carboxylic acids is 2. The summed E-state index contributed by atoms with van der Waals surface area (Å²) in [7, 11) is 1.59. The Kier molecular flexibility index (Phi) is 8.14. The summed E-state index contributed by atoms with van der Waals surface area (Å²) in [5.74, 6) is -2.06. The lowest BCUT2D eigenvalue weighted by Crippen LogP contribution is -2.27. The van der Waals surface area contributed by atoms with E-state index in [9.17, 15) is 19.5 Å². The zero-order valence-corrected chi connectivity index (χ0v) is 20.0. The number of hydrogen-bond donors (Lipinski definition) is 2. The summed E-state index contributed by atoms with van der Waals surface area (Å²) in [5.41, 5.74) is 2.39. The molecule has 2 aromatic carbocycles. The minimum absolute atomic E-state index is 0.0301. The second kappa shape index (κ2) is 11.0. The van der Waals surface area contributed by atoms with Crippen LogP contribution in [0, 0.1) is 0 Å². The molecule has 0 aliphatic heterocycles. The number of hydrogen-bond acceptors (Lipinski definition) is 6. The van der Waals surface area contributed by atoms with E-state index in [-0.39, 0.29) is 21.6 Å². The van der Waals surface area contributed by atoms with Crippen molar-refractivity contribution in [3.63, 3.8) is 0 Å². The van der Waals surface area contributed by atoms with Gasteiger partial charge in [0, 0.05) is 20.0 Å². The Morgan fingerprint density at radius 1 is 1.03 bits per heavy atom. The number of rotatable bonds is 10. The summed E-state index contributed by atoms with van der Waals surface area (Å²) < 4.78 is 10.3. The first-order valence-electron chi connectivity index (χ1n) is 10.1. The van der Waals surface area contributed by atoms with Crippen LogP contribution in [0.5, 0.6) is 11.5 Å². The Balaban J connectivity index is 1.87. The van der Waals surface area contributed by atoms with Crippen molar-refractivity contribution in [1.82, 2.24) is 4.90 Å². The quantitative estimate of drug-likeness (QED) is 0.409. The van der Waals surface area contributed by atoms with Crippen LogP contribution < -0.4 is 9.47 Å². The van der Waals surface area contributed by atoms with Crippen molar-refractivity contribution in [2.75, 3.05) is 13.7 Å². The van der Waals surface area contributed by atoms with E-state index in [2.05, 4.69) is 0 Å². The lowest BCUT2D eigenvalue weighted by atomic mass is 10.1. The van der Waals surface area contributed by atoms with E-state index in [1.807, 2.05) is 36.4 Å². The Labute approximate surface area is 204 Å². The molecule has 3 aromatic rings. The molecule has 0 saturated carbocycles. The van der Waals surface area contributed by atoms with E-state index in [4.69, 9.17) is 26.2 Å². The van der Waals surface area contributed by atoms with Crippen molar-refractivity contribution in [3.8, 4) is 21.9 Å². The highest BCUT2D eigenvalue weighted by atomic mass is 35.5. The molecule has 0 aliphatic rings. The number of carbonyl (C=O) groups is 3. The zero-order chi connectivity index (χ0) is 24.8. The molecule has 3 rings (SSSR count). The van der Waals surface area contributed by atoms with Gasteiger partial charge in [-0.15, -0.1) is 11.3 Å². The molecule has 0 spiro atoms. The van der Waals surface area contributed by atoms with Crippen molar-refractivity contribution in [2.24, 2.45) is 0 Å². The third kappa shape index (κ3) is 6.06. The minimum Gasteiger partial charge on any atom is -0.497 e. The average molecular weight is 504 g/mol. The van der Waals surface area contributed by atoms with Gasteiger partial charge in [-0.05, 0) is 34.9 Å². The Bertz CT molecular complexity index is 1210. The van der Waals surface area contributed by atoms with E-state index in [1.165, 1.54) is 6.92 Å². The molecule has 8 nitrogen and oxygen atoms in total. The highest BCUT2D eigenvalue weighted by molar-refractivity contribution is 7.18.